The molecule has 0 heterocycles. The monoisotopic (exact) mass is 225 g/mol. The molecule has 0 aliphatic heterocycles. The number of rotatable bonds is 4. The van der Waals surface area contributed by atoms with Crippen molar-refractivity contribution in [1.29, 1.82) is 0 Å². The Balaban J connectivity index is 1.74. The van der Waals surface area contributed by atoms with Crippen molar-refractivity contribution in [1.82, 2.24) is 5.32 Å². The third kappa shape index (κ3) is 2.46. The van der Waals surface area contributed by atoms with E-state index in [9.17, 15) is 4.79 Å². The number of nitrogens with two attached hydrogens (primary N) is 1. The summed E-state index contributed by atoms with van der Waals surface area (Å²) >= 11 is 0. The molecule has 5 heteroatoms. The molecule has 16 heavy (non-hydrogen) atoms. The van der Waals surface area contributed by atoms with Gasteiger partial charge in [-0.2, -0.15) is 0 Å². The van der Waals surface area contributed by atoms with Crippen LogP contribution in [0.2, 0.25) is 0 Å². The quantitative estimate of drug-likeness (QED) is 0.284. The molecule has 2 aliphatic rings. The number of nitrogens with zero attached hydrogens (tertiary/aromatic N) is 1. The summed E-state index contributed by atoms with van der Waals surface area (Å²) in [5.41, 5.74) is 5.38. The number of amides is 1. The van der Waals surface area contributed by atoms with E-state index in [-0.39, 0.29) is 23.7 Å². The van der Waals surface area contributed by atoms with Crippen LogP contribution >= 0.6 is 0 Å². The fourth-order valence-electron chi connectivity index (χ4n) is 2.70. The van der Waals surface area contributed by atoms with E-state index in [1.54, 1.807) is 0 Å². The fourth-order valence-corrected chi connectivity index (χ4v) is 2.70. The van der Waals surface area contributed by atoms with Crippen LogP contribution in [-0.4, -0.2) is 23.0 Å². The van der Waals surface area contributed by atoms with Gasteiger partial charge in [-0.3, -0.25) is 4.79 Å². The zero-order valence-corrected chi connectivity index (χ0v) is 9.52. The molecule has 3 atom stereocenters. The van der Waals surface area contributed by atoms with Crippen LogP contribution in [0, 0.1) is 17.8 Å². The van der Waals surface area contributed by atoms with Crippen molar-refractivity contribution in [2.75, 3.05) is 0 Å². The van der Waals surface area contributed by atoms with Gasteiger partial charge in [-0.25, -0.2) is 0 Å². The van der Waals surface area contributed by atoms with E-state index in [0.29, 0.717) is 6.42 Å². The highest BCUT2D eigenvalue weighted by Crippen LogP contribution is 2.54. The second kappa shape index (κ2) is 4.31. The minimum Gasteiger partial charge on any atom is -0.409 e. The van der Waals surface area contributed by atoms with Crippen molar-refractivity contribution in [3.8, 4) is 0 Å². The van der Waals surface area contributed by atoms with E-state index < -0.39 is 0 Å². The number of nitrogens with one attached hydrogen (secondary N) is 1. The summed E-state index contributed by atoms with van der Waals surface area (Å²) in [5.74, 6) is 2.11. The van der Waals surface area contributed by atoms with Gasteiger partial charge >= 0.3 is 0 Å². The maximum atomic E-state index is 11.8. The van der Waals surface area contributed by atoms with Crippen molar-refractivity contribution in [3.63, 3.8) is 0 Å². The van der Waals surface area contributed by atoms with Crippen LogP contribution in [0.3, 0.4) is 0 Å². The lowest BCUT2D eigenvalue weighted by Crippen LogP contribution is -2.39. The van der Waals surface area contributed by atoms with Crippen LogP contribution in [0.4, 0.5) is 0 Å². The number of carbonyl (C=O) groups is 1. The third-order valence-corrected chi connectivity index (χ3v) is 3.65. The highest BCUT2D eigenvalue weighted by Gasteiger charge is 2.48. The van der Waals surface area contributed by atoms with E-state index >= 15 is 0 Å². The molecule has 0 saturated heterocycles. The summed E-state index contributed by atoms with van der Waals surface area (Å²) < 4.78 is 0. The normalized spacial score (nSPS) is 34.3. The smallest absolute Gasteiger partial charge is 0.223 e. The van der Waals surface area contributed by atoms with E-state index in [2.05, 4.69) is 10.5 Å². The van der Waals surface area contributed by atoms with Gasteiger partial charge in [0.05, 0.1) is 0 Å². The standard InChI is InChI=1S/C11H19N3O2/c1-6(2-10(12)14-16)13-11(15)9-4-7-3-8(7)5-9/h6-9,16H,2-5H2,1H3,(H2,12,14)(H,13,15). The minimum atomic E-state index is -0.0691. The summed E-state index contributed by atoms with van der Waals surface area (Å²) in [7, 11) is 0. The lowest BCUT2D eigenvalue weighted by atomic mass is 10.0. The summed E-state index contributed by atoms with van der Waals surface area (Å²) in [4.78, 5) is 11.8. The Hall–Kier alpha value is -1.26. The summed E-state index contributed by atoms with van der Waals surface area (Å²) in [5, 5.41) is 14.2. The first-order chi connectivity index (χ1) is 7.60. The highest BCUT2D eigenvalue weighted by atomic mass is 16.4. The van der Waals surface area contributed by atoms with Crippen molar-refractivity contribution in [3.05, 3.63) is 0 Å². The van der Waals surface area contributed by atoms with Crippen molar-refractivity contribution in [2.45, 2.75) is 38.6 Å². The molecule has 2 fully saturated rings. The molecule has 3 unspecified atom stereocenters. The first-order valence-electron chi connectivity index (χ1n) is 5.87. The molecule has 90 valence electrons. The molecule has 0 aromatic rings. The zero-order valence-electron chi connectivity index (χ0n) is 9.52. The number of carbonyl (C=O) groups excluding carboxylic acids is 1. The van der Waals surface area contributed by atoms with Gasteiger partial charge < -0.3 is 16.3 Å². The lowest BCUT2D eigenvalue weighted by Gasteiger charge is -2.17. The fraction of sp³-hybridized carbons (Fsp3) is 0.818. The van der Waals surface area contributed by atoms with Crippen LogP contribution in [0.25, 0.3) is 0 Å². The Morgan fingerprint density at radius 3 is 2.69 bits per heavy atom. The second-order valence-corrected chi connectivity index (χ2v) is 5.13. The number of amidine groups is 1. The predicted molar refractivity (Wildman–Crippen MR) is 60.0 cm³/mol. The van der Waals surface area contributed by atoms with Gasteiger partial charge in [0.2, 0.25) is 5.91 Å². The molecule has 4 N–H and O–H groups in total. The van der Waals surface area contributed by atoms with E-state index in [0.717, 1.165) is 24.7 Å². The number of fused-ring (bicyclic) bond motifs is 1. The molecule has 2 aliphatic carbocycles. The Morgan fingerprint density at radius 1 is 1.50 bits per heavy atom. The number of hydrogen-bond acceptors (Lipinski definition) is 3. The van der Waals surface area contributed by atoms with Crippen LogP contribution in [-0.2, 0) is 4.79 Å². The molecule has 0 bridgehead atoms. The molecule has 0 aromatic carbocycles. The van der Waals surface area contributed by atoms with Gasteiger partial charge in [0.15, 0.2) is 0 Å². The summed E-state index contributed by atoms with van der Waals surface area (Å²) in [6.45, 7) is 1.87. The van der Waals surface area contributed by atoms with Gasteiger partial charge in [-0.1, -0.05) is 5.16 Å². The highest BCUT2D eigenvalue weighted by molar-refractivity contribution is 5.83. The molecular weight excluding hydrogens is 206 g/mol. The van der Waals surface area contributed by atoms with Crippen molar-refractivity contribution in [2.24, 2.45) is 28.6 Å². The van der Waals surface area contributed by atoms with Crippen LogP contribution in [0.1, 0.15) is 32.6 Å². The first-order valence-corrected chi connectivity index (χ1v) is 5.87. The minimum absolute atomic E-state index is 0.0691. The Morgan fingerprint density at radius 2 is 2.12 bits per heavy atom. The Bertz CT molecular complexity index is 306. The van der Waals surface area contributed by atoms with Gasteiger partial charge in [0, 0.05) is 18.4 Å². The predicted octanol–water partition coefficient (Wildman–Crippen LogP) is 0.674. The third-order valence-electron chi connectivity index (χ3n) is 3.65. The maximum absolute atomic E-state index is 11.8. The van der Waals surface area contributed by atoms with Gasteiger partial charge in [0.25, 0.3) is 0 Å². The zero-order chi connectivity index (χ0) is 11.7. The van der Waals surface area contributed by atoms with Crippen LogP contribution < -0.4 is 11.1 Å². The average Bonchev–Trinajstić information content (AvgIpc) is 2.85. The van der Waals surface area contributed by atoms with Crippen LogP contribution in [0.15, 0.2) is 5.16 Å². The molecule has 2 saturated carbocycles. The molecule has 5 nitrogen and oxygen atoms in total. The second-order valence-electron chi connectivity index (χ2n) is 5.13. The molecule has 0 spiro atoms. The Labute approximate surface area is 95.1 Å². The largest absolute Gasteiger partial charge is 0.409 e. The molecule has 0 aromatic heterocycles. The van der Waals surface area contributed by atoms with Crippen LogP contribution in [0.5, 0.6) is 0 Å². The lowest BCUT2D eigenvalue weighted by molar-refractivity contribution is -0.125. The Kier molecular flexibility index (Phi) is 3.03. The average molecular weight is 225 g/mol. The van der Waals surface area contributed by atoms with Gasteiger partial charge in [-0.05, 0) is 38.0 Å². The van der Waals surface area contributed by atoms with Crippen molar-refractivity contribution >= 4 is 11.7 Å². The van der Waals surface area contributed by atoms with Gasteiger partial charge in [0.1, 0.15) is 5.84 Å². The molecule has 2 rings (SSSR count). The first kappa shape index (κ1) is 11.2. The number of hydrogen-bond donors (Lipinski definition) is 3. The summed E-state index contributed by atoms with van der Waals surface area (Å²) in [6, 6.07) is -0.0691. The molecular formula is C11H19N3O2. The van der Waals surface area contributed by atoms with Gasteiger partial charge in [-0.15, -0.1) is 0 Å². The molecule has 1 amide bonds. The topological polar surface area (TPSA) is 87.7 Å². The molecule has 0 radical (unpaired) electrons. The number of oxime groups is 1. The SMILES string of the molecule is CC(CC(N)=NO)NC(=O)C1CC2CC2C1. The maximum Gasteiger partial charge on any atom is 0.223 e. The van der Waals surface area contributed by atoms with E-state index in [1.165, 1.54) is 6.42 Å². The van der Waals surface area contributed by atoms with Crippen molar-refractivity contribution < 1.29 is 10.0 Å². The summed E-state index contributed by atoms with van der Waals surface area (Å²) in [6.07, 6.45) is 3.81. The van der Waals surface area contributed by atoms with E-state index in [1.807, 2.05) is 6.92 Å². The van der Waals surface area contributed by atoms with E-state index in [4.69, 9.17) is 10.9 Å².